The van der Waals surface area contributed by atoms with E-state index in [2.05, 4.69) is 26.1 Å². The van der Waals surface area contributed by atoms with Crippen molar-refractivity contribution in [3.05, 3.63) is 33.8 Å². The number of hydrogen-bond donors (Lipinski definition) is 1. The van der Waals surface area contributed by atoms with Crippen molar-refractivity contribution in [2.45, 2.75) is 46.1 Å². The van der Waals surface area contributed by atoms with E-state index in [0.29, 0.717) is 12.0 Å². The fourth-order valence-electron chi connectivity index (χ4n) is 3.78. The maximum Gasteiger partial charge on any atom is 0.0454 e. The van der Waals surface area contributed by atoms with Gasteiger partial charge in [0.05, 0.1) is 0 Å². The van der Waals surface area contributed by atoms with Gasteiger partial charge in [0.2, 0.25) is 0 Å². The Bertz CT molecular complexity index is 437. The molecule has 3 heteroatoms. The van der Waals surface area contributed by atoms with E-state index in [0.717, 1.165) is 34.0 Å². The summed E-state index contributed by atoms with van der Waals surface area (Å²) in [6, 6.07) is 6.12. The van der Waals surface area contributed by atoms with E-state index in [9.17, 15) is 0 Å². The van der Waals surface area contributed by atoms with Gasteiger partial charge in [0, 0.05) is 16.1 Å². The van der Waals surface area contributed by atoms with Crippen molar-refractivity contribution in [3.8, 4) is 0 Å². The third kappa shape index (κ3) is 3.90. The van der Waals surface area contributed by atoms with Crippen LogP contribution in [0, 0.1) is 17.8 Å². The van der Waals surface area contributed by atoms with Gasteiger partial charge in [-0.3, -0.25) is 0 Å². The molecule has 112 valence electrons. The van der Waals surface area contributed by atoms with Crippen molar-refractivity contribution in [2.75, 3.05) is 6.54 Å². The van der Waals surface area contributed by atoms with Crippen LogP contribution in [-0.2, 0) is 0 Å². The predicted molar refractivity (Wildman–Crippen MR) is 88.5 cm³/mol. The maximum atomic E-state index is 6.42. The first-order valence-corrected chi connectivity index (χ1v) is 8.45. The summed E-state index contributed by atoms with van der Waals surface area (Å²) in [7, 11) is 0. The highest BCUT2D eigenvalue weighted by Crippen LogP contribution is 2.41. The zero-order valence-corrected chi connectivity index (χ0v) is 14.1. The monoisotopic (exact) mass is 313 g/mol. The Labute approximate surface area is 133 Å². The summed E-state index contributed by atoms with van der Waals surface area (Å²) >= 11 is 12.6. The van der Waals surface area contributed by atoms with Crippen LogP contribution in [-0.4, -0.2) is 6.54 Å². The summed E-state index contributed by atoms with van der Waals surface area (Å²) in [4.78, 5) is 0. The Kier molecular flexibility index (Phi) is 5.77. The van der Waals surface area contributed by atoms with Crippen molar-refractivity contribution in [1.82, 2.24) is 5.32 Å². The van der Waals surface area contributed by atoms with Crippen LogP contribution in [0.5, 0.6) is 0 Å². The Morgan fingerprint density at radius 1 is 1.15 bits per heavy atom. The number of nitrogens with one attached hydrogen (secondary N) is 1. The molecule has 0 radical (unpaired) electrons. The van der Waals surface area contributed by atoms with Gasteiger partial charge in [-0.25, -0.2) is 0 Å². The summed E-state index contributed by atoms with van der Waals surface area (Å²) in [5, 5.41) is 5.23. The first kappa shape index (κ1) is 16.1. The summed E-state index contributed by atoms with van der Waals surface area (Å²) in [5.41, 5.74) is 1.16. The number of rotatable bonds is 4. The molecule has 1 aliphatic carbocycles. The average Bonchev–Trinajstić information content (AvgIpc) is 2.38. The Balaban J connectivity index is 2.28. The van der Waals surface area contributed by atoms with Crippen LogP contribution in [0.4, 0.5) is 0 Å². The van der Waals surface area contributed by atoms with E-state index in [1.165, 1.54) is 19.3 Å². The van der Waals surface area contributed by atoms with Crippen LogP contribution >= 0.6 is 23.2 Å². The lowest BCUT2D eigenvalue weighted by atomic mass is 9.72. The van der Waals surface area contributed by atoms with Crippen molar-refractivity contribution in [2.24, 2.45) is 17.8 Å². The molecule has 0 heterocycles. The lowest BCUT2D eigenvalue weighted by Gasteiger charge is -2.37. The number of halogens is 2. The molecule has 0 aliphatic heterocycles. The molecule has 3 unspecified atom stereocenters. The standard InChI is InChI=1S/C17H25Cl2N/c1-4-20-17(13-8-11(2)7-12(3)9-13)15-10-14(18)5-6-16(15)19/h5-6,10-13,17,20H,4,7-9H2,1-3H3. The highest BCUT2D eigenvalue weighted by Gasteiger charge is 2.31. The van der Waals surface area contributed by atoms with E-state index in [4.69, 9.17) is 23.2 Å². The van der Waals surface area contributed by atoms with Gasteiger partial charge in [-0.1, -0.05) is 44.0 Å². The van der Waals surface area contributed by atoms with Crippen LogP contribution in [0.15, 0.2) is 18.2 Å². The van der Waals surface area contributed by atoms with Gasteiger partial charge >= 0.3 is 0 Å². The Hall–Kier alpha value is -0.240. The molecule has 0 bridgehead atoms. The normalized spacial score (nSPS) is 28.4. The zero-order chi connectivity index (χ0) is 14.7. The highest BCUT2D eigenvalue weighted by atomic mass is 35.5. The maximum absolute atomic E-state index is 6.42. The molecule has 1 aromatic carbocycles. The van der Waals surface area contributed by atoms with E-state index < -0.39 is 0 Å². The summed E-state index contributed by atoms with van der Waals surface area (Å²) < 4.78 is 0. The molecular weight excluding hydrogens is 289 g/mol. The lowest BCUT2D eigenvalue weighted by molar-refractivity contribution is 0.177. The molecule has 1 aliphatic rings. The zero-order valence-electron chi connectivity index (χ0n) is 12.6. The average molecular weight is 314 g/mol. The summed E-state index contributed by atoms with van der Waals surface area (Å²) in [5.74, 6) is 2.23. The van der Waals surface area contributed by atoms with Gasteiger partial charge in [0.1, 0.15) is 0 Å². The number of hydrogen-bond acceptors (Lipinski definition) is 1. The first-order valence-electron chi connectivity index (χ1n) is 7.69. The number of benzene rings is 1. The van der Waals surface area contributed by atoms with Crippen molar-refractivity contribution in [3.63, 3.8) is 0 Å². The molecule has 0 saturated heterocycles. The van der Waals surface area contributed by atoms with Crippen LogP contribution in [0.3, 0.4) is 0 Å². The molecule has 1 nitrogen and oxygen atoms in total. The topological polar surface area (TPSA) is 12.0 Å². The minimum Gasteiger partial charge on any atom is -0.310 e. The quantitative estimate of drug-likeness (QED) is 0.750. The van der Waals surface area contributed by atoms with Gasteiger partial charge in [0.25, 0.3) is 0 Å². The van der Waals surface area contributed by atoms with Crippen molar-refractivity contribution >= 4 is 23.2 Å². The molecular formula is C17H25Cl2N. The van der Waals surface area contributed by atoms with E-state index in [-0.39, 0.29) is 0 Å². The molecule has 1 saturated carbocycles. The van der Waals surface area contributed by atoms with Gasteiger partial charge in [0.15, 0.2) is 0 Å². The van der Waals surface area contributed by atoms with Crippen molar-refractivity contribution < 1.29 is 0 Å². The minimum absolute atomic E-state index is 0.316. The molecule has 0 spiro atoms. The summed E-state index contributed by atoms with van der Waals surface area (Å²) in [6.45, 7) is 7.84. The fourth-order valence-corrected chi connectivity index (χ4v) is 4.20. The SMILES string of the molecule is CCNC(c1cc(Cl)ccc1Cl)C1CC(C)CC(C)C1. The minimum atomic E-state index is 0.316. The molecule has 2 rings (SSSR count). The van der Waals surface area contributed by atoms with Crippen LogP contribution < -0.4 is 5.32 Å². The molecule has 3 atom stereocenters. The van der Waals surface area contributed by atoms with Gasteiger partial charge in [-0.15, -0.1) is 0 Å². The molecule has 20 heavy (non-hydrogen) atoms. The van der Waals surface area contributed by atoms with E-state index >= 15 is 0 Å². The Morgan fingerprint density at radius 2 is 1.80 bits per heavy atom. The van der Waals surface area contributed by atoms with Crippen LogP contribution in [0.2, 0.25) is 10.0 Å². The summed E-state index contributed by atoms with van der Waals surface area (Å²) in [6.07, 6.45) is 3.88. The van der Waals surface area contributed by atoms with Crippen LogP contribution in [0.25, 0.3) is 0 Å². The van der Waals surface area contributed by atoms with Gasteiger partial charge < -0.3 is 5.32 Å². The third-order valence-electron chi connectivity index (χ3n) is 4.40. The fraction of sp³-hybridized carbons (Fsp3) is 0.647. The van der Waals surface area contributed by atoms with E-state index in [1.807, 2.05) is 18.2 Å². The lowest BCUT2D eigenvalue weighted by Crippen LogP contribution is -2.33. The van der Waals surface area contributed by atoms with E-state index in [1.54, 1.807) is 0 Å². The third-order valence-corrected chi connectivity index (χ3v) is 4.98. The highest BCUT2D eigenvalue weighted by molar-refractivity contribution is 6.33. The molecule has 1 N–H and O–H groups in total. The van der Waals surface area contributed by atoms with Crippen molar-refractivity contribution in [1.29, 1.82) is 0 Å². The Morgan fingerprint density at radius 3 is 2.40 bits per heavy atom. The second kappa shape index (κ2) is 7.15. The molecule has 0 amide bonds. The molecule has 1 aromatic rings. The van der Waals surface area contributed by atoms with Crippen LogP contribution in [0.1, 0.15) is 51.6 Å². The van der Waals surface area contributed by atoms with Gasteiger partial charge in [-0.05, 0) is 67.3 Å². The molecule has 1 fully saturated rings. The second-order valence-corrected chi connectivity index (χ2v) is 7.22. The predicted octanol–water partition coefficient (Wildman–Crippen LogP) is 5.72. The largest absolute Gasteiger partial charge is 0.310 e. The second-order valence-electron chi connectivity index (χ2n) is 6.38. The smallest absolute Gasteiger partial charge is 0.0454 e. The first-order chi connectivity index (χ1) is 9.51. The molecule has 0 aromatic heterocycles. The van der Waals surface area contributed by atoms with Gasteiger partial charge in [-0.2, -0.15) is 0 Å².